The third kappa shape index (κ3) is 2.69. The van der Waals surface area contributed by atoms with E-state index in [-0.39, 0.29) is 29.3 Å². The molecule has 0 saturated heterocycles. The van der Waals surface area contributed by atoms with Crippen molar-refractivity contribution >= 4 is 28.4 Å². The molecule has 2 aliphatic rings. The minimum absolute atomic E-state index is 0.0138. The average molecular weight is 387 g/mol. The van der Waals surface area contributed by atoms with Crippen LogP contribution in [-0.2, 0) is 5.60 Å². The number of nitrogens with zero attached hydrogens (tertiary/aromatic N) is 2. The van der Waals surface area contributed by atoms with Crippen molar-refractivity contribution in [2.75, 3.05) is 0 Å². The second-order valence-electron chi connectivity index (χ2n) is 7.44. The molecule has 27 heavy (non-hydrogen) atoms. The zero-order valence-electron chi connectivity index (χ0n) is 14.1. The van der Waals surface area contributed by atoms with Gasteiger partial charge in [0, 0.05) is 22.6 Å². The first kappa shape index (κ1) is 16.6. The van der Waals surface area contributed by atoms with E-state index < -0.39 is 11.4 Å². The van der Waals surface area contributed by atoms with E-state index in [1.54, 1.807) is 18.3 Å². The second kappa shape index (κ2) is 5.74. The Balaban J connectivity index is 1.33. The maximum atomic E-state index is 13.2. The summed E-state index contributed by atoms with van der Waals surface area (Å²) in [7, 11) is 0. The number of rotatable bonds is 3. The molecular formula is C19H16ClFN4O2. The summed E-state index contributed by atoms with van der Waals surface area (Å²) in [4.78, 5) is 16.0. The normalized spacial score (nSPS) is 28.9. The van der Waals surface area contributed by atoms with Gasteiger partial charge < -0.3 is 10.4 Å². The lowest BCUT2D eigenvalue weighted by Crippen LogP contribution is -2.33. The van der Waals surface area contributed by atoms with Crippen LogP contribution >= 0.6 is 11.6 Å². The fraction of sp³-hybridized carbons (Fsp3) is 0.316. The van der Waals surface area contributed by atoms with Crippen molar-refractivity contribution in [2.45, 2.75) is 24.5 Å². The molecule has 0 spiro atoms. The highest BCUT2D eigenvalue weighted by atomic mass is 35.5. The van der Waals surface area contributed by atoms with Crippen LogP contribution in [0.5, 0.6) is 0 Å². The van der Waals surface area contributed by atoms with Gasteiger partial charge in [-0.15, -0.1) is 0 Å². The van der Waals surface area contributed by atoms with Gasteiger partial charge in [0.05, 0.1) is 29.1 Å². The van der Waals surface area contributed by atoms with Gasteiger partial charge in [-0.25, -0.2) is 4.39 Å². The van der Waals surface area contributed by atoms with E-state index in [1.165, 1.54) is 12.3 Å². The summed E-state index contributed by atoms with van der Waals surface area (Å²) in [5, 5.41) is 22.5. The van der Waals surface area contributed by atoms with Gasteiger partial charge in [-0.2, -0.15) is 5.10 Å². The van der Waals surface area contributed by atoms with Crippen molar-refractivity contribution in [3.8, 4) is 0 Å². The lowest BCUT2D eigenvalue weighted by atomic mass is 9.86. The number of fused-ring (bicyclic) bond motifs is 2. The Kier molecular flexibility index (Phi) is 3.54. The van der Waals surface area contributed by atoms with Gasteiger partial charge in [-0.3, -0.25) is 14.9 Å². The molecular weight excluding hydrogens is 371 g/mol. The number of hydrogen-bond acceptors (Lipinski definition) is 4. The molecule has 8 heteroatoms. The number of aromatic amines is 1. The zero-order valence-corrected chi connectivity index (χ0v) is 14.9. The van der Waals surface area contributed by atoms with Crippen molar-refractivity contribution in [1.29, 1.82) is 0 Å². The van der Waals surface area contributed by atoms with Gasteiger partial charge in [0.2, 0.25) is 0 Å². The summed E-state index contributed by atoms with van der Waals surface area (Å²) in [6.45, 7) is 0. The number of carbonyl (C=O) groups is 1. The van der Waals surface area contributed by atoms with Gasteiger partial charge >= 0.3 is 0 Å². The van der Waals surface area contributed by atoms with Gasteiger partial charge in [0.25, 0.3) is 5.91 Å². The maximum absolute atomic E-state index is 13.2. The Morgan fingerprint density at radius 2 is 2.04 bits per heavy atom. The number of H-pyrrole nitrogens is 1. The molecule has 0 aliphatic heterocycles. The number of pyridine rings is 1. The van der Waals surface area contributed by atoms with E-state index in [4.69, 9.17) is 11.6 Å². The van der Waals surface area contributed by atoms with Crippen LogP contribution < -0.4 is 5.32 Å². The predicted octanol–water partition coefficient (Wildman–Crippen LogP) is 2.78. The van der Waals surface area contributed by atoms with E-state index >= 15 is 0 Å². The fourth-order valence-electron chi connectivity index (χ4n) is 4.47. The molecule has 3 aromatic rings. The lowest BCUT2D eigenvalue weighted by molar-refractivity contribution is 0.0293. The maximum Gasteiger partial charge on any atom is 0.253 e. The molecule has 0 radical (unpaired) electrons. The van der Waals surface area contributed by atoms with Gasteiger partial charge in [-0.1, -0.05) is 11.6 Å². The quantitative estimate of drug-likeness (QED) is 0.645. The van der Waals surface area contributed by atoms with Crippen LogP contribution in [0.2, 0.25) is 5.02 Å². The first-order valence-corrected chi connectivity index (χ1v) is 9.09. The summed E-state index contributed by atoms with van der Waals surface area (Å²) >= 11 is 6.19. The van der Waals surface area contributed by atoms with E-state index in [0.717, 1.165) is 22.7 Å². The first-order valence-electron chi connectivity index (χ1n) is 8.71. The van der Waals surface area contributed by atoms with Crippen LogP contribution in [0.15, 0.2) is 36.8 Å². The number of amides is 1. The lowest BCUT2D eigenvalue weighted by Gasteiger charge is -2.27. The molecule has 2 saturated carbocycles. The average Bonchev–Trinajstić information content (AvgIpc) is 3.01. The highest BCUT2D eigenvalue weighted by Crippen LogP contribution is 2.60. The van der Waals surface area contributed by atoms with Crippen LogP contribution in [0.3, 0.4) is 0 Å². The summed E-state index contributed by atoms with van der Waals surface area (Å²) in [5.74, 6) is -0.522. The van der Waals surface area contributed by atoms with Crippen molar-refractivity contribution < 1.29 is 14.3 Å². The number of hydrogen-bond donors (Lipinski definition) is 3. The minimum Gasteiger partial charge on any atom is -0.385 e. The molecule has 0 unspecified atom stereocenters. The van der Waals surface area contributed by atoms with E-state index in [2.05, 4.69) is 20.5 Å². The molecule has 4 atom stereocenters. The number of nitrogens with one attached hydrogen (secondary N) is 2. The van der Waals surface area contributed by atoms with Gasteiger partial charge in [0.15, 0.2) is 0 Å². The highest BCUT2D eigenvalue weighted by molar-refractivity contribution is 6.31. The first-order chi connectivity index (χ1) is 12.9. The minimum atomic E-state index is -0.996. The molecule has 1 amide bonds. The number of benzene rings is 1. The van der Waals surface area contributed by atoms with Crippen LogP contribution in [0.1, 0.15) is 28.8 Å². The molecule has 3 N–H and O–H groups in total. The smallest absolute Gasteiger partial charge is 0.253 e. The predicted molar refractivity (Wildman–Crippen MR) is 96.7 cm³/mol. The number of halogens is 2. The van der Waals surface area contributed by atoms with Gasteiger partial charge in [0.1, 0.15) is 5.82 Å². The van der Waals surface area contributed by atoms with Crippen LogP contribution in [-0.4, -0.2) is 32.2 Å². The Labute approximate surface area is 158 Å². The molecule has 138 valence electrons. The SMILES string of the molecule is O=C(N[C@H]1[C@@H]2C[C@@](O)(c3cc(Cl)cc4[nH]ncc34)C[C@@H]21)c1cncc(F)c1. The standard InChI is InChI=1S/C19H16ClFN4O2/c20-10-2-15(14-8-23-25-16(14)3-10)19(27)4-12-13(5-19)17(12)24-18(26)9-1-11(21)7-22-6-9/h1-3,6-8,12-13,17,27H,4-5H2,(H,23,25)(H,24,26)/t12-,13+,17+,19+. The largest absolute Gasteiger partial charge is 0.385 e. The molecule has 2 aliphatic carbocycles. The van der Waals surface area contributed by atoms with E-state index in [1.807, 2.05) is 0 Å². The molecule has 1 aromatic carbocycles. The van der Waals surface area contributed by atoms with E-state index in [0.29, 0.717) is 17.9 Å². The molecule has 6 nitrogen and oxygen atoms in total. The Bertz CT molecular complexity index is 1060. The highest BCUT2D eigenvalue weighted by Gasteiger charge is 2.62. The number of carbonyl (C=O) groups excluding carboxylic acids is 1. The number of aromatic nitrogens is 3. The molecule has 0 bridgehead atoms. The summed E-state index contributed by atoms with van der Waals surface area (Å²) in [6.07, 6.45) is 5.16. The van der Waals surface area contributed by atoms with Crippen molar-refractivity contribution in [2.24, 2.45) is 11.8 Å². The number of aliphatic hydroxyl groups is 1. The second-order valence-corrected chi connectivity index (χ2v) is 7.88. The topological polar surface area (TPSA) is 90.9 Å². The summed E-state index contributed by atoms with van der Waals surface area (Å²) in [5.41, 5.74) is 0.759. The molecule has 2 aromatic heterocycles. The van der Waals surface area contributed by atoms with Crippen LogP contribution in [0.25, 0.3) is 10.9 Å². The fourth-order valence-corrected chi connectivity index (χ4v) is 4.69. The molecule has 2 heterocycles. The Morgan fingerprint density at radius 3 is 2.78 bits per heavy atom. The Morgan fingerprint density at radius 1 is 1.26 bits per heavy atom. The molecule has 2 fully saturated rings. The van der Waals surface area contributed by atoms with Gasteiger partial charge in [-0.05, 0) is 48.4 Å². The van der Waals surface area contributed by atoms with Crippen molar-refractivity contribution in [3.05, 3.63) is 58.8 Å². The molecule has 5 rings (SSSR count). The van der Waals surface area contributed by atoms with E-state index in [9.17, 15) is 14.3 Å². The summed E-state index contributed by atoms with van der Waals surface area (Å²) in [6, 6.07) is 4.72. The third-order valence-electron chi connectivity index (χ3n) is 5.77. The van der Waals surface area contributed by atoms with Crippen LogP contribution in [0.4, 0.5) is 4.39 Å². The van der Waals surface area contributed by atoms with Crippen molar-refractivity contribution in [3.63, 3.8) is 0 Å². The third-order valence-corrected chi connectivity index (χ3v) is 5.99. The summed E-state index contributed by atoms with van der Waals surface area (Å²) < 4.78 is 13.2. The van der Waals surface area contributed by atoms with Crippen LogP contribution in [0, 0.1) is 17.7 Å². The Hall–Kier alpha value is -2.51. The van der Waals surface area contributed by atoms with Crippen molar-refractivity contribution in [1.82, 2.24) is 20.5 Å². The zero-order chi connectivity index (χ0) is 18.8. The monoisotopic (exact) mass is 386 g/mol.